The maximum Gasteiger partial charge on any atom is 0.234 e. The van der Waals surface area contributed by atoms with Crippen molar-refractivity contribution in [2.45, 2.75) is 24.4 Å². The van der Waals surface area contributed by atoms with Gasteiger partial charge >= 0.3 is 0 Å². The van der Waals surface area contributed by atoms with Gasteiger partial charge in [-0.15, -0.1) is 10.2 Å². The number of thioether (sulfide) groups is 1. The minimum absolute atomic E-state index is 0.107. The smallest absolute Gasteiger partial charge is 0.234 e. The number of nitrogens with zero attached hydrogens (tertiary/aromatic N) is 3. The van der Waals surface area contributed by atoms with Crippen LogP contribution < -0.4 is 15.9 Å². The molecule has 3 N–H and O–H groups in total. The summed E-state index contributed by atoms with van der Waals surface area (Å²) in [6.07, 6.45) is 3.39. The Morgan fingerprint density at radius 2 is 2.04 bits per heavy atom. The van der Waals surface area contributed by atoms with E-state index in [0.717, 1.165) is 24.1 Å². The van der Waals surface area contributed by atoms with Crippen molar-refractivity contribution < 1.29 is 9.53 Å². The summed E-state index contributed by atoms with van der Waals surface area (Å²) in [5.74, 6) is 7.37. The van der Waals surface area contributed by atoms with E-state index in [1.165, 1.54) is 34.0 Å². The summed E-state index contributed by atoms with van der Waals surface area (Å²) in [4.78, 5) is 12.3. The lowest BCUT2D eigenvalue weighted by atomic mass is 10.1. The number of nitrogens with one attached hydrogen (secondary N) is 1. The summed E-state index contributed by atoms with van der Waals surface area (Å²) >= 11 is 1.24. The fourth-order valence-electron chi connectivity index (χ4n) is 3.37. The number of benzene rings is 2. The van der Waals surface area contributed by atoms with Crippen molar-refractivity contribution >= 4 is 23.4 Å². The average Bonchev–Trinajstić information content (AvgIpc) is 3.32. The van der Waals surface area contributed by atoms with Gasteiger partial charge in [0.25, 0.3) is 0 Å². The number of anilines is 1. The summed E-state index contributed by atoms with van der Waals surface area (Å²) < 4.78 is 6.73. The molecule has 28 heavy (non-hydrogen) atoms. The Labute approximate surface area is 167 Å². The van der Waals surface area contributed by atoms with Gasteiger partial charge in [0, 0.05) is 5.69 Å². The SMILES string of the molecule is COc1ccccc1-c1nnc(SCC(=O)Nc2ccc3c(c2)CCC3)n1N. The van der Waals surface area contributed by atoms with Gasteiger partial charge in [-0.25, -0.2) is 4.68 Å². The van der Waals surface area contributed by atoms with Gasteiger partial charge in [0.05, 0.1) is 18.4 Å². The number of nitrogen functional groups attached to an aromatic ring is 1. The Balaban J connectivity index is 1.41. The highest BCUT2D eigenvalue weighted by atomic mass is 32.2. The highest BCUT2D eigenvalue weighted by Gasteiger charge is 2.17. The molecule has 1 aromatic heterocycles. The molecule has 2 aromatic carbocycles. The number of ether oxygens (including phenoxy) is 1. The Kier molecular flexibility index (Phi) is 5.21. The molecule has 1 heterocycles. The van der Waals surface area contributed by atoms with Gasteiger partial charge in [0.15, 0.2) is 5.82 Å². The van der Waals surface area contributed by atoms with Crippen LogP contribution >= 0.6 is 11.8 Å². The molecule has 144 valence electrons. The van der Waals surface area contributed by atoms with E-state index in [9.17, 15) is 4.79 Å². The number of nitrogens with two attached hydrogens (primary N) is 1. The molecule has 1 aliphatic rings. The lowest BCUT2D eigenvalue weighted by molar-refractivity contribution is -0.113. The molecule has 3 aromatic rings. The third-order valence-electron chi connectivity index (χ3n) is 4.73. The molecule has 0 aliphatic heterocycles. The molecule has 0 spiro atoms. The van der Waals surface area contributed by atoms with Crippen molar-refractivity contribution in [1.82, 2.24) is 14.9 Å². The monoisotopic (exact) mass is 395 g/mol. The first-order valence-corrected chi connectivity index (χ1v) is 10.0. The second kappa shape index (κ2) is 7.93. The first kappa shape index (κ1) is 18.4. The first-order valence-electron chi connectivity index (χ1n) is 9.04. The van der Waals surface area contributed by atoms with Gasteiger partial charge in [-0.1, -0.05) is 30.0 Å². The highest BCUT2D eigenvalue weighted by molar-refractivity contribution is 7.99. The zero-order valence-electron chi connectivity index (χ0n) is 15.5. The van der Waals surface area contributed by atoms with Crippen LogP contribution in [0.5, 0.6) is 5.75 Å². The summed E-state index contributed by atoms with van der Waals surface area (Å²) in [5.41, 5.74) is 4.28. The zero-order chi connectivity index (χ0) is 19.5. The van der Waals surface area contributed by atoms with Gasteiger partial charge in [0.1, 0.15) is 5.75 Å². The number of aromatic nitrogens is 3. The van der Waals surface area contributed by atoms with Crippen LogP contribution in [-0.4, -0.2) is 33.6 Å². The molecule has 0 radical (unpaired) electrons. The average molecular weight is 395 g/mol. The number of hydrogen-bond donors (Lipinski definition) is 2. The molecule has 0 unspecified atom stereocenters. The molecule has 7 nitrogen and oxygen atoms in total. The minimum Gasteiger partial charge on any atom is -0.496 e. The summed E-state index contributed by atoms with van der Waals surface area (Å²) in [7, 11) is 1.59. The van der Waals surface area contributed by atoms with E-state index in [1.54, 1.807) is 7.11 Å². The number of amides is 1. The third-order valence-corrected chi connectivity index (χ3v) is 5.67. The second-order valence-electron chi connectivity index (χ2n) is 6.55. The van der Waals surface area contributed by atoms with Gasteiger partial charge in [-0.2, -0.15) is 0 Å². The van der Waals surface area contributed by atoms with Crippen LogP contribution in [-0.2, 0) is 17.6 Å². The zero-order valence-corrected chi connectivity index (χ0v) is 16.3. The largest absolute Gasteiger partial charge is 0.496 e. The summed E-state index contributed by atoms with van der Waals surface area (Å²) in [6, 6.07) is 13.6. The van der Waals surface area contributed by atoms with E-state index in [4.69, 9.17) is 10.6 Å². The third kappa shape index (κ3) is 3.68. The van der Waals surface area contributed by atoms with Crippen molar-refractivity contribution in [2.24, 2.45) is 0 Å². The highest BCUT2D eigenvalue weighted by Crippen LogP contribution is 2.29. The Bertz CT molecular complexity index is 1020. The molecule has 8 heteroatoms. The van der Waals surface area contributed by atoms with Crippen LogP contribution in [0.3, 0.4) is 0 Å². The number of carbonyl (C=O) groups is 1. The summed E-state index contributed by atoms with van der Waals surface area (Å²) in [5, 5.41) is 11.7. The second-order valence-corrected chi connectivity index (χ2v) is 7.49. The van der Waals surface area contributed by atoms with Crippen LogP contribution in [0.25, 0.3) is 11.4 Å². The number of para-hydroxylation sites is 1. The fourth-order valence-corrected chi connectivity index (χ4v) is 4.02. The fraction of sp³-hybridized carbons (Fsp3) is 0.250. The minimum atomic E-state index is -0.107. The standard InChI is InChI=1S/C20H21N5O2S/c1-27-17-8-3-2-7-16(17)19-23-24-20(25(19)21)28-12-18(26)22-15-10-9-13-5-4-6-14(13)11-15/h2-3,7-11H,4-6,12,21H2,1H3,(H,22,26). The number of fused-ring (bicyclic) bond motifs is 1. The maximum absolute atomic E-state index is 12.3. The van der Waals surface area contributed by atoms with Gasteiger partial charge in [-0.05, 0) is 54.7 Å². The maximum atomic E-state index is 12.3. The molecule has 0 atom stereocenters. The number of hydrogen-bond acceptors (Lipinski definition) is 6. The lowest BCUT2D eigenvalue weighted by Gasteiger charge is -2.08. The van der Waals surface area contributed by atoms with E-state index >= 15 is 0 Å². The molecule has 0 saturated heterocycles. The van der Waals surface area contributed by atoms with Crippen LogP contribution in [0.1, 0.15) is 17.5 Å². The lowest BCUT2D eigenvalue weighted by Crippen LogP contribution is -2.16. The van der Waals surface area contributed by atoms with Crippen molar-refractivity contribution in [3.8, 4) is 17.1 Å². The van der Waals surface area contributed by atoms with Crippen molar-refractivity contribution in [2.75, 3.05) is 24.0 Å². The van der Waals surface area contributed by atoms with Crippen LogP contribution in [0, 0.1) is 0 Å². The van der Waals surface area contributed by atoms with Crippen LogP contribution in [0.2, 0.25) is 0 Å². The van der Waals surface area contributed by atoms with E-state index in [-0.39, 0.29) is 11.7 Å². The van der Waals surface area contributed by atoms with E-state index in [0.29, 0.717) is 16.7 Å². The van der Waals surface area contributed by atoms with Crippen molar-refractivity contribution in [1.29, 1.82) is 0 Å². The molecule has 1 amide bonds. The molecule has 4 rings (SSSR count). The number of methoxy groups -OCH3 is 1. The number of aryl methyl sites for hydroxylation is 2. The van der Waals surface area contributed by atoms with Crippen molar-refractivity contribution in [3.63, 3.8) is 0 Å². The van der Waals surface area contributed by atoms with Crippen LogP contribution in [0.15, 0.2) is 47.6 Å². The number of carbonyl (C=O) groups excluding carboxylic acids is 1. The van der Waals surface area contributed by atoms with E-state index in [1.807, 2.05) is 30.3 Å². The number of rotatable bonds is 6. The molecule has 0 fully saturated rings. The normalized spacial score (nSPS) is 12.6. The Morgan fingerprint density at radius 3 is 2.89 bits per heavy atom. The molecular weight excluding hydrogens is 374 g/mol. The molecule has 0 saturated carbocycles. The summed E-state index contributed by atoms with van der Waals surface area (Å²) in [6.45, 7) is 0. The topological polar surface area (TPSA) is 95.1 Å². The predicted molar refractivity (Wildman–Crippen MR) is 110 cm³/mol. The molecular formula is C20H21N5O2S. The predicted octanol–water partition coefficient (Wildman–Crippen LogP) is 2.89. The van der Waals surface area contributed by atoms with E-state index in [2.05, 4.69) is 27.6 Å². The van der Waals surface area contributed by atoms with Gasteiger partial charge in [0.2, 0.25) is 11.1 Å². The Hall–Kier alpha value is -3.00. The first-order chi connectivity index (χ1) is 13.7. The Morgan fingerprint density at radius 1 is 1.21 bits per heavy atom. The van der Waals surface area contributed by atoms with Crippen molar-refractivity contribution in [3.05, 3.63) is 53.6 Å². The van der Waals surface area contributed by atoms with Gasteiger partial charge in [-0.3, -0.25) is 4.79 Å². The van der Waals surface area contributed by atoms with Crippen LogP contribution in [0.4, 0.5) is 5.69 Å². The molecule has 1 aliphatic carbocycles. The van der Waals surface area contributed by atoms with E-state index < -0.39 is 0 Å². The quantitative estimate of drug-likeness (QED) is 0.492. The van der Waals surface area contributed by atoms with Gasteiger partial charge < -0.3 is 15.9 Å². The molecule has 0 bridgehead atoms.